The van der Waals surface area contributed by atoms with Crippen LogP contribution < -0.4 is 15.6 Å². The highest BCUT2D eigenvalue weighted by atomic mass is 35.5. The van der Waals surface area contributed by atoms with Crippen molar-refractivity contribution in [2.75, 3.05) is 12.1 Å². The monoisotopic (exact) mass is 353 g/mol. The molecule has 0 unspecified atom stereocenters. The first-order valence-electron chi connectivity index (χ1n) is 7.96. The molecule has 2 N–H and O–H groups in total. The highest BCUT2D eigenvalue weighted by Gasteiger charge is 2.09. The Labute approximate surface area is 152 Å². The van der Waals surface area contributed by atoms with Gasteiger partial charge in [-0.3, -0.25) is 0 Å². The third-order valence-electron chi connectivity index (χ3n) is 4.04. The number of anilines is 1. The van der Waals surface area contributed by atoms with Crippen LogP contribution in [0, 0.1) is 6.92 Å². The van der Waals surface area contributed by atoms with Crippen molar-refractivity contribution < 1.29 is 4.74 Å². The number of ether oxygens (including phenoxy) is 1. The summed E-state index contributed by atoms with van der Waals surface area (Å²) in [5.41, 5.74) is 5.21. The Morgan fingerprint density at radius 3 is 2.56 bits per heavy atom. The topological polar surface area (TPSA) is 51.4 Å². The Kier molecular flexibility index (Phi) is 5.22. The molecule has 0 saturated carbocycles. The first kappa shape index (κ1) is 17.3. The molecule has 2 aromatic carbocycles. The van der Waals surface area contributed by atoms with Crippen molar-refractivity contribution >= 4 is 17.3 Å². The van der Waals surface area contributed by atoms with Crippen LogP contribution in [-0.4, -0.2) is 12.0 Å². The number of hydrazine groups is 1. The van der Waals surface area contributed by atoms with Crippen molar-refractivity contribution in [3.63, 3.8) is 0 Å². The number of aromatic nitrogens is 1. The van der Waals surface area contributed by atoms with E-state index in [1.807, 2.05) is 68.6 Å². The largest absolute Gasteiger partial charge is 0.473 e. The number of nitrogens with zero attached hydrogens (tertiary/aromatic N) is 2. The van der Waals surface area contributed by atoms with Crippen LogP contribution in [0.5, 0.6) is 5.88 Å². The standard InChI is InChI=1S/C20H20ClN3O/c1-14-4-3-5-19(24(2)22)18(14)13-25-20-12-16(10-11-23-20)15-6-8-17(21)9-7-15/h3-12H,13,22H2,1-2H3. The average Bonchev–Trinajstić information content (AvgIpc) is 2.61. The fraction of sp³-hybridized carbons (Fsp3) is 0.150. The van der Waals surface area contributed by atoms with Crippen molar-refractivity contribution in [1.29, 1.82) is 0 Å². The molecule has 3 aromatic rings. The van der Waals surface area contributed by atoms with Gasteiger partial charge in [0.25, 0.3) is 0 Å². The third kappa shape index (κ3) is 4.10. The van der Waals surface area contributed by atoms with E-state index < -0.39 is 0 Å². The second kappa shape index (κ2) is 7.55. The Balaban J connectivity index is 1.81. The van der Waals surface area contributed by atoms with Crippen molar-refractivity contribution in [2.24, 2.45) is 5.84 Å². The van der Waals surface area contributed by atoms with Gasteiger partial charge in [0.2, 0.25) is 5.88 Å². The first-order chi connectivity index (χ1) is 12.0. The van der Waals surface area contributed by atoms with Crippen LogP contribution in [0.4, 0.5) is 5.69 Å². The lowest BCUT2D eigenvalue weighted by molar-refractivity contribution is 0.293. The lowest BCUT2D eigenvalue weighted by atomic mass is 10.1. The zero-order chi connectivity index (χ0) is 17.8. The number of hydrogen-bond acceptors (Lipinski definition) is 4. The van der Waals surface area contributed by atoms with E-state index in [9.17, 15) is 0 Å². The van der Waals surface area contributed by atoms with E-state index in [2.05, 4.69) is 4.98 Å². The molecule has 0 atom stereocenters. The highest BCUT2D eigenvalue weighted by Crippen LogP contribution is 2.26. The molecule has 1 aromatic heterocycles. The number of halogens is 1. The molecule has 4 nitrogen and oxygen atoms in total. The van der Waals surface area contributed by atoms with E-state index in [-0.39, 0.29) is 0 Å². The molecule has 0 saturated heterocycles. The Bertz CT molecular complexity index is 863. The number of aryl methyl sites for hydroxylation is 1. The molecule has 1 heterocycles. The number of rotatable bonds is 5. The van der Waals surface area contributed by atoms with Crippen molar-refractivity contribution in [3.8, 4) is 17.0 Å². The minimum atomic E-state index is 0.403. The quantitative estimate of drug-likeness (QED) is 0.538. The molecule has 128 valence electrons. The molecule has 0 fully saturated rings. The number of pyridine rings is 1. The maximum absolute atomic E-state index is 5.95. The van der Waals surface area contributed by atoms with Crippen LogP contribution >= 0.6 is 11.6 Å². The number of benzene rings is 2. The van der Waals surface area contributed by atoms with Gasteiger partial charge in [0.1, 0.15) is 6.61 Å². The summed E-state index contributed by atoms with van der Waals surface area (Å²) in [7, 11) is 1.82. The van der Waals surface area contributed by atoms with Crippen molar-refractivity contribution in [1.82, 2.24) is 4.98 Å². The summed E-state index contributed by atoms with van der Waals surface area (Å²) in [6.07, 6.45) is 1.74. The summed E-state index contributed by atoms with van der Waals surface area (Å²) in [6, 6.07) is 17.6. The first-order valence-corrected chi connectivity index (χ1v) is 8.34. The minimum Gasteiger partial charge on any atom is -0.473 e. The average molecular weight is 354 g/mol. The van der Waals surface area contributed by atoms with Gasteiger partial charge in [0, 0.05) is 29.9 Å². The van der Waals surface area contributed by atoms with Crippen LogP contribution in [0.15, 0.2) is 60.8 Å². The summed E-state index contributed by atoms with van der Waals surface area (Å²) in [6.45, 7) is 2.45. The maximum Gasteiger partial charge on any atom is 0.214 e. The normalized spacial score (nSPS) is 10.6. The van der Waals surface area contributed by atoms with E-state index in [0.717, 1.165) is 27.9 Å². The molecule has 3 rings (SSSR count). The zero-order valence-electron chi connectivity index (χ0n) is 14.2. The molecule has 0 aliphatic rings. The second-order valence-corrected chi connectivity index (χ2v) is 6.30. The second-order valence-electron chi connectivity index (χ2n) is 5.86. The van der Waals surface area contributed by atoms with E-state index in [1.54, 1.807) is 11.2 Å². The summed E-state index contributed by atoms with van der Waals surface area (Å²) in [4.78, 5) is 4.31. The number of hydrogen-bond donors (Lipinski definition) is 1. The molecule has 0 aliphatic heterocycles. The molecule has 0 radical (unpaired) electrons. The van der Waals surface area contributed by atoms with Gasteiger partial charge in [-0.1, -0.05) is 35.9 Å². The van der Waals surface area contributed by atoms with Gasteiger partial charge in [-0.2, -0.15) is 0 Å². The summed E-state index contributed by atoms with van der Waals surface area (Å²) in [5, 5.41) is 2.32. The van der Waals surface area contributed by atoms with E-state index in [1.165, 1.54) is 0 Å². The Morgan fingerprint density at radius 2 is 1.84 bits per heavy atom. The third-order valence-corrected chi connectivity index (χ3v) is 4.29. The van der Waals surface area contributed by atoms with Crippen LogP contribution in [0.3, 0.4) is 0 Å². The van der Waals surface area contributed by atoms with Crippen LogP contribution in [0.25, 0.3) is 11.1 Å². The highest BCUT2D eigenvalue weighted by molar-refractivity contribution is 6.30. The fourth-order valence-corrected chi connectivity index (χ4v) is 2.79. The molecule has 0 spiro atoms. The molecule has 0 amide bonds. The van der Waals surface area contributed by atoms with Gasteiger partial charge in [0.15, 0.2) is 0 Å². The van der Waals surface area contributed by atoms with Crippen LogP contribution in [-0.2, 0) is 6.61 Å². The summed E-state index contributed by atoms with van der Waals surface area (Å²) >= 11 is 5.95. The van der Waals surface area contributed by atoms with Crippen LogP contribution in [0.1, 0.15) is 11.1 Å². The zero-order valence-corrected chi connectivity index (χ0v) is 15.0. The van der Waals surface area contributed by atoms with Gasteiger partial charge >= 0.3 is 0 Å². The van der Waals surface area contributed by atoms with E-state index in [0.29, 0.717) is 17.5 Å². The summed E-state index contributed by atoms with van der Waals surface area (Å²) in [5.74, 6) is 6.49. The predicted molar refractivity (Wildman–Crippen MR) is 103 cm³/mol. The van der Waals surface area contributed by atoms with Gasteiger partial charge in [0.05, 0.1) is 5.69 Å². The smallest absolute Gasteiger partial charge is 0.214 e. The maximum atomic E-state index is 5.95. The molecule has 5 heteroatoms. The Morgan fingerprint density at radius 1 is 1.08 bits per heavy atom. The van der Waals surface area contributed by atoms with Crippen molar-refractivity contribution in [3.05, 3.63) is 76.9 Å². The van der Waals surface area contributed by atoms with Crippen molar-refractivity contribution in [2.45, 2.75) is 13.5 Å². The predicted octanol–water partition coefficient (Wildman–Crippen LogP) is 4.60. The van der Waals surface area contributed by atoms with Gasteiger partial charge in [-0.15, -0.1) is 0 Å². The lowest BCUT2D eigenvalue weighted by Crippen LogP contribution is -2.26. The minimum absolute atomic E-state index is 0.403. The molecule has 0 bridgehead atoms. The number of nitrogens with two attached hydrogens (primary N) is 1. The lowest BCUT2D eigenvalue weighted by Gasteiger charge is -2.19. The SMILES string of the molecule is Cc1cccc(N(C)N)c1COc1cc(-c2ccc(Cl)cc2)ccn1. The van der Waals surface area contributed by atoms with E-state index in [4.69, 9.17) is 22.2 Å². The van der Waals surface area contributed by atoms with E-state index >= 15 is 0 Å². The molecular formula is C20H20ClN3O. The molecule has 0 aliphatic carbocycles. The molecular weight excluding hydrogens is 334 g/mol. The fourth-order valence-electron chi connectivity index (χ4n) is 2.66. The van der Waals surface area contributed by atoms with Gasteiger partial charge in [-0.25, -0.2) is 10.8 Å². The molecule has 25 heavy (non-hydrogen) atoms. The van der Waals surface area contributed by atoms with Gasteiger partial charge < -0.3 is 9.75 Å². The van der Waals surface area contributed by atoms with Crippen LogP contribution in [0.2, 0.25) is 5.02 Å². The summed E-state index contributed by atoms with van der Waals surface area (Å²) < 4.78 is 5.93. The van der Waals surface area contributed by atoms with Gasteiger partial charge in [-0.05, 0) is 47.9 Å². The Hall–Kier alpha value is -2.56.